The molecule has 26 heavy (non-hydrogen) atoms. The van der Waals surface area contributed by atoms with Gasteiger partial charge < -0.3 is 19.9 Å². The van der Waals surface area contributed by atoms with E-state index in [1.807, 2.05) is 31.4 Å². The van der Waals surface area contributed by atoms with Crippen LogP contribution in [0.15, 0.2) is 35.6 Å². The van der Waals surface area contributed by atoms with Crippen molar-refractivity contribution in [2.45, 2.75) is 46.1 Å². The first-order chi connectivity index (χ1) is 12.7. The standard InChI is InChI=1S/C20H34N6/c1-5-25(6-2)14-9-10-17(3)23-20(21-4)22-13-12-18-16-26-15-8-7-11-19(26)24-18/h7-8,11,15-17H,5-6,9-10,12-14H2,1-4H3,(H2,21,22,23). The fourth-order valence-corrected chi connectivity index (χ4v) is 3.08. The molecular weight excluding hydrogens is 324 g/mol. The van der Waals surface area contributed by atoms with Crippen LogP contribution >= 0.6 is 0 Å². The van der Waals surface area contributed by atoms with E-state index in [0.717, 1.165) is 49.8 Å². The Balaban J connectivity index is 1.70. The number of imidazole rings is 1. The number of fused-ring (bicyclic) bond motifs is 1. The number of rotatable bonds is 10. The van der Waals surface area contributed by atoms with Crippen molar-refractivity contribution in [3.63, 3.8) is 0 Å². The zero-order valence-electron chi connectivity index (χ0n) is 16.7. The van der Waals surface area contributed by atoms with Gasteiger partial charge >= 0.3 is 0 Å². The van der Waals surface area contributed by atoms with E-state index in [1.165, 1.54) is 13.0 Å². The van der Waals surface area contributed by atoms with E-state index < -0.39 is 0 Å². The molecule has 1 unspecified atom stereocenters. The molecular formula is C20H34N6. The smallest absolute Gasteiger partial charge is 0.191 e. The van der Waals surface area contributed by atoms with Gasteiger partial charge in [-0.1, -0.05) is 19.9 Å². The average Bonchev–Trinajstić information content (AvgIpc) is 3.07. The highest BCUT2D eigenvalue weighted by Gasteiger charge is 2.07. The molecule has 2 N–H and O–H groups in total. The van der Waals surface area contributed by atoms with E-state index in [1.54, 1.807) is 0 Å². The molecule has 0 fully saturated rings. The number of hydrogen-bond donors (Lipinski definition) is 2. The van der Waals surface area contributed by atoms with Gasteiger partial charge in [0.25, 0.3) is 0 Å². The zero-order valence-corrected chi connectivity index (χ0v) is 16.7. The molecule has 2 aromatic rings. The maximum atomic E-state index is 4.63. The summed E-state index contributed by atoms with van der Waals surface area (Å²) in [6.07, 6.45) is 7.33. The Hall–Kier alpha value is -2.08. The maximum Gasteiger partial charge on any atom is 0.191 e. The fraction of sp³-hybridized carbons (Fsp3) is 0.600. The summed E-state index contributed by atoms with van der Waals surface area (Å²) >= 11 is 0. The molecule has 0 saturated carbocycles. The van der Waals surface area contributed by atoms with E-state index >= 15 is 0 Å². The summed E-state index contributed by atoms with van der Waals surface area (Å²) in [5.74, 6) is 0.865. The lowest BCUT2D eigenvalue weighted by atomic mass is 10.2. The molecule has 1 atom stereocenters. The van der Waals surface area contributed by atoms with E-state index in [0.29, 0.717) is 6.04 Å². The quantitative estimate of drug-likeness (QED) is 0.506. The van der Waals surface area contributed by atoms with Gasteiger partial charge in [0.15, 0.2) is 5.96 Å². The normalized spacial score (nSPS) is 13.3. The van der Waals surface area contributed by atoms with Crippen LogP contribution in [-0.2, 0) is 6.42 Å². The Morgan fingerprint density at radius 2 is 2.12 bits per heavy atom. The van der Waals surface area contributed by atoms with Gasteiger partial charge in [-0.2, -0.15) is 0 Å². The first-order valence-corrected chi connectivity index (χ1v) is 9.78. The van der Waals surface area contributed by atoms with Crippen molar-refractivity contribution >= 4 is 11.6 Å². The van der Waals surface area contributed by atoms with Gasteiger partial charge in [0.05, 0.1) is 5.69 Å². The number of aromatic nitrogens is 2. The number of nitrogens with one attached hydrogen (secondary N) is 2. The van der Waals surface area contributed by atoms with Crippen LogP contribution < -0.4 is 10.6 Å². The lowest BCUT2D eigenvalue weighted by Gasteiger charge is -2.21. The van der Waals surface area contributed by atoms with Gasteiger partial charge in [-0.05, 0) is 51.5 Å². The second-order valence-electron chi connectivity index (χ2n) is 6.66. The summed E-state index contributed by atoms with van der Waals surface area (Å²) in [5.41, 5.74) is 2.08. The third-order valence-corrected chi connectivity index (χ3v) is 4.70. The van der Waals surface area contributed by atoms with Gasteiger partial charge in [-0.25, -0.2) is 4.98 Å². The summed E-state index contributed by atoms with van der Waals surface area (Å²) in [6.45, 7) is 10.9. The topological polar surface area (TPSA) is 57.0 Å². The van der Waals surface area contributed by atoms with E-state index in [4.69, 9.17) is 0 Å². The van der Waals surface area contributed by atoms with Crippen LogP contribution in [0, 0.1) is 0 Å². The molecule has 144 valence electrons. The minimum absolute atomic E-state index is 0.409. The molecule has 0 aliphatic heterocycles. The Bertz CT molecular complexity index is 641. The number of hydrogen-bond acceptors (Lipinski definition) is 3. The van der Waals surface area contributed by atoms with Crippen LogP contribution in [0.4, 0.5) is 0 Å². The van der Waals surface area contributed by atoms with Crippen LogP contribution in [0.5, 0.6) is 0 Å². The van der Waals surface area contributed by atoms with Crippen molar-refractivity contribution in [2.75, 3.05) is 33.2 Å². The molecule has 0 bridgehead atoms. The SMILES string of the molecule is CCN(CC)CCCC(C)NC(=NC)NCCc1cn2ccccc2n1. The lowest BCUT2D eigenvalue weighted by Crippen LogP contribution is -2.43. The van der Waals surface area contributed by atoms with Gasteiger partial charge in [0, 0.05) is 38.4 Å². The molecule has 6 heteroatoms. The molecule has 2 heterocycles. The number of pyridine rings is 1. The highest BCUT2D eigenvalue weighted by atomic mass is 15.2. The van der Waals surface area contributed by atoms with Crippen molar-refractivity contribution in [3.8, 4) is 0 Å². The predicted molar refractivity (Wildman–Crippen MR) is 110 cm³/mol. The average molecular weight is 359 g/mol. The van der Waals surface area contributed by atoms with E-state index in [-0.39, 0.29) is 0 Å². The number of aliphatic imine (C=N–C) groups is 1. The molecule has 2 rings (SSSR count). The summed E-state index contributed by atoms with van der Waals surface area (Å²) in [6, 6.07) is 6.46. The molecule has 0 aliphatic carbocycles. The van der Waals surface area contributed by atoms with E-state index in [9.17, 15) is 0 Å². The number of guanidine groups is 1. The minimum Gasteiger partial charge on any atom is -0.356 e. The highest BCUT2D eigenvalue weighted by Crippen LogP contribution is 2.04. The molecule has 6 nitrogen and oxygen atoms in total. The third-order valence-electron chi connectivity index (χ3n) is 4.70. The van der Waals surface area contributed by atoms with Crippen LogP contribution in [0.25, 0.3) is 5.65 Å². The van der Waals surface area contributed by atoms with Crippen LogP contribution in [0.3, 0.4) is 0 Å². The Morgan fingerprint density at radius 1 is 1.31 bits per heavy atom. The van der Waals surface area contributed by atoms with E-state index in [2.05, 4.69) is 56.9 Å². The molecule has 0 aliphatic rings. The van der Waals surface area contributed by atoms with Crippen molar-refractivity contribution in [1.29, 1.82) is 0 Å². The Kier molecular flexibility index (Phi) is 8.41. The summed E-state index contributed by atoms with van der Waals surface area (Å²) < 4.78 is 2.06. The fourth-order valence-electron chi connectivity index (χ4n) is 3.08. The van der Waals surface area contributed by atoms with Crippen LogP contribution in [0.2, 0.25) is 0 Å². The number of nitrogens with zero attached hydrogens (tertiary/aromatic N) is 4. The predicted octanol–water partition coefficient (Wildman–Crippen LogP) is 2.55. The van der Waals surface area contributed by atoms with Crippen molar-refractivity contribution in [1.82, 2.24) is 24.9 Å². The second-order valence-corrected chi connectivity index (χ2v) is 6.66. The van der Waals surface area contributed by atoms with Crippen LogP contribution in [0.1, 0.15) is 39.3 Å². The summed E-state index contributed by atoms with van der Waals surface area (Å²) in [4.78, 5) is 11.4. The van der Waals surface area contributed by atoms with Crippen molar-refractivity contribution in [3.05, 3.63) is 36.3 Å². The monoisotopic (exact) mass is 358 g/mol. The molecule has 0 saturated heterocycles. The minimum atomic E-state index is 0.409. The molecule has 0 spiro atoms. The maximum absolute atomic E-state index is 4.63. The van der Waals surface area contributed by atoms with Crippen LogP contribution in [-0.4, -0.2) is 59.5 Å². The molecule has 2 aromatic heterocycles. The first-order valence-electron chi connectivity index (χ1n) is 9.78. The van der Waals surface area contributed by atoms with Gasteiger partial charge in [0.1, 0.15) is 5.65 Å². The molecule has 0 radical (unpaired) electrons. The van der Waals surface area contributed by atoms with Gasteiger partial charge in [0.2, 0.25) is 0 Å². The molecule has 0 amide bonds. The zero-order chi connectivity index (χ0) is 18.8. The lowest BCUT2D eigenvalue weighted by molar-refractivity contribution is 0.292. The Labute approximate surface area is 157 Å². The highest BCUT2D eigenvalue weighted by molar-refractivity contribution is 5.79. The van der Waals surface area contributed by atoms with Crippen molar-refractivity contribution < 1.29 is 0 Å². The van der Waals surface area contributed by atoms with Crippen molar-refractivity contribution in [2.24, 2.45) is 4.99 Å². The molecule has 0 aromatic carbocycles. The first kappa shape index (κ1) is 20.2. The second kappa shape index (κ2) is 10.8. The van der Waals surface area contributed by atoms with Gasteiger partial charge in [-0.15, -0.1) is 0 Å². The Morgan fingerprint density at radius 3 is 2.81 bits per heavy atom. The third kappa shape index (κ3) is 6.33. The van der Waals surface area contributed by atoms with Gasteiger partial charge in [-0.3, -0.25) is 4.99 Å². The summed E-state index contributed by atoms with van der Waals surface area (Å²) in [7, 11) is 1.82. The largest absolute Gasteiger partial charge is 0.356 e. The summed E-state index contributed by atoms with van der Waals surface area (Å²) in [5, 5.41) is 6.88.